The summed E-state index contributed by atoms with van der Waals surface area (Å²) in [6.45, 7) is 0.267. The fraction of sp³-hybridized carbons (Fsp3) is 0.133. The van der Waals surface area contributed by atoms with Gasteiger partial charge in [-0.15, -0.1) is 0 Å². The van der Waals surface area contributed by atoms with Crippen molar-refractivity contribution in [2.75, 3.05) is 7.11 Å². The van der Waals surface area contributed by atoms with Gasteiger partial charge in [0, 0.05) is 12.1 Å². The van der Waals surface area contributed by atoms with Crippen LogP contribution in [0.4, 0.5) is 0 Å². The van der Waals surface area contributed by atoms with E-state index in [-0.39, 0.29) is 18.2 Å². The molecule has 0 heterocycles. The van der Waals surface area contributed by atoms with Crippen LogP contribution in [0.2, 0.25) is 0 Å². The van der Waals surface area contributed by atoms with E-state index in [1.807, 2.05) is 6.07 Å². The van der Waals surface area contributed by atoms with Crippen LogP contribution in [0.1, 0.15) is 15.9 Å². The summed E-state index contributed by atoms with van der Waals surface area (Å²) < 4.78 is 5.13. The number of aromatic hydroxyl groups is 1. The number of carbonyl (C=O) groups excluding carboxylic acids is 1. The van der Waals surface area contributed by atoms with Crippen LogP contribution in [0.5, 0.6) is 11.5 Å². The highest BCUT2D eigenvalue weighted by atomic mass is 16.5. The number of rotatable bonds is 4. The normalized spacial score (nSPS) is 9.95. The van der Waals surface area contributed by atoms with Gasteiger partial charge < -0.3 is 15.2 Å². The van der Waals surface area contributed by atoms with Crippen molar-refractivity contribution >= 4 is 5.91 Å². The molecule has 4 nitrogen and oxygen atoms in total. The number of nitrogens with one attached hydrogen (secondary N) is 1. The van der Waals surface area contributed by atoms with Crippen LogP contribution >= 0.6 is 0 Å². The van der Waals surface area contributed by atoms with E-state index in [1.54, 1.807) is 42.5 Å². The van der Waals surface area contributed by atoms with E-state index < -0.39 is 0 Å². The molecule has 0 saturated heterocycles. The van der Waals surface area contributed by atoms with Gasteiger partial charge in [0.05, 0.1) is 12.7 Å². The molecule has 1 amide bonds. The van der Waals surface area contributed by atoms with Gasteiger partial charge in [0.2, 0.25) is 0 Å². The molecule has 2 rings (SSSR count). The first-order valence-electron chi connectivity index (χ1n) is 5.90. The Hall–Kier alpha value is -2.49. The highest BCUT2D eigenvalue weighted by molar-refractivity contribution is 5.96. The number of hydrogen-bond acceptors (Lipinski definition) is 3. The number of benzene rings is 2. The van der Waals surface area contributed by atoms with E-state index >= 15 is 0 Å². The van der Waals surface area contributed by atoms with E-state index in [4.69, 9.17) is 4.74 Å². The molecule has 2 aromatic carbocycles. The van der Waals surface area contributed by atoms with Crippen molar-refractivity contribution in [1.29, 1.82) is 0 Å². The van der Waals surface area contributed by atoms with Crippen molar-refractivity contribution in [3.63, 3.8) is 0 Å². The number of methoxy groups -OCH3 is 1. The number of hydrogen-bond donors (Lipinski definition) is 2. The van der Waals surface area contributed by atoms with E-state index in [0.717, 1.165) is 0 Å². The molecule has 2 N–H and O–H groups in total. The zero-order chi connectivity index (χ0) is 13.7. The van der Waals surface area contributed by atoms with Gasteiger partial charge >= 0.3 is 0 Å². The van der Waals surface area contributed by atoms with Gasteiger partial charge in [-0.3, -0.25) is 4.79 Å². The van der Waals surface area contributed by atoms with Crippen LogP contribution in [0.3, 0.4) is 0 Å². The van der Waals surface area contributed by atoms with Gasteiger partial charge in [0.25, 0.3) is 5.91 Å². The number of carbonyl (C=O) groups is 1. The van der Waals surface area contributed by atoms with Crippen LogP contribution in [0.25, 0.3) is 0 Å². The second kappa shape index (κ2) is 5.91. The Morgan fingerprint density at radius 2 is 1.84 bits per heavy atom. The number of para-hydroxylation sites is 2. The van der Waals surface area contributed by atoms with Crippen LogP contribution in [-0.4, -0.2) is 18.1 Å². The first-order valence-corrected chi connectivity index (χ1v) is 5.90. The van der Waals surface area contributed by atoms with Gasteiger partial charge in [-0.1, -0.05) is 30.3 Å². The minimum atomic E-state index is -0.235. The summed E-state index contributed by atoms with van der Waals surface area (Å²) in [6.07, 6.45) is 0. The summed E-state index contributed by atoms with van der Waals surface area (Å²) in [5.41, 5.74) is 1.14. The maximum atomic E-state index is 12.0. The number of amides is 1. The smallest absolute Gasteiger partial charge is 0.255 e. The third kappa shape index (κ3) is 3.04. The van der Waals surface area contributed by atoms with Crippen molar-refractivity contribution in [3.8, 4) is 11.5 Å². The summed E-state index contributed by atoms with van der Waals surface area (Å²) in [5, 5.41) is 12.4. The number of phenolic OH excluding ortho intramolecular Hbond substituents is 1. The molecule has 0 atom stereocenters. The lowest BCUT2D eigenvalue weighted by Crippen LogP contribution is -2.23. The lowest BCUT2D eigenvalue weighted by Gasteiger charge is -2.09. The second-order valence-corrected chi connectivity index (χ2v) is 4.01. The predicted octanol–water partition coefficient (Wildman–Crippen LogP) is 2.33. The lowest BCUT2D eigenvalue weighted by atomic mass is 10.1. The Morgan fingerprint density at radius 3 is 2.58 bits per heavy atom. The Balaban J connectivity index is 2.08. The summed E-state index contributed by atoms with van der Waals surface area (Å²) in [4.78, 5) is 12.0. The Labute approximate surface area is 111 Å². The second-order valence-electron chi connectivity index (χ2n) is 4.01. The van der Waals surface area contributed by atoms with E-state index in [1.165, 1.54) is 7.11 Å². The van der Waals surface area contributed by atoms with Crippen molar-refractivity contribution < 1.29 is 14.6 Å². The number of phenols is 1. The first kappa shape index (κ1) is 13.0. The molecule has 2 aromatic rings. The Bertz CT molecular complexity index is 581. The first-order chi connectivity index (χ1) is 9.22. The average molecular weight is 257 g/mol. The third-order valence-electron chi connectivity index (χ3n) is 2.78. The molecule has 0 radical (unpaired) electrons. The van der Waals surface area contributed by atoms with Crippen LogP contribution in [-0.2, 0) is 6.54 Å². The quantitative estimate of drug-likeness (QED) is 0.883. The third-order valence-corrected chi connectivity index (χ3v) is 2.78. The average Bonchev–Trinajstić information content (AvgIpc) is 2.46. The van der Waals surface area contributed by atoms with E-state index in [0.29, 0.717) is 16.9 Å². The minimum absolute atomic E-state index is 0.169. The molecule has 98 valence electrons. The van der Waals surface area contributed by atoms with Crippen LogP contribution < -0.4 is 10.1 Å². The maximum absolute atomic E-state index is 12.0. The molecule has 0 fully saturated rings. The lowest BCUT2D eigenvalue weighted by molar-refractivity contribution is 0.0947. The molecule has 0 aromatic heterocycles. The standard InChI is InChI=1S/C15H15NO3/c1-19-14-9-5-3-7-12(14)15(18)16-10-11-6-2-4-8-13(11)17/h2-9,17H,10H2,1H3,(H,16,18). The molecule has 0 saturated carbocycles. The molecule has 0 bridgehead atoms. The van der Waals surface area contributed by atoms with Gasteiger partial charge in [0.15, 0.2) is 0 Å². The van der Waals surface area contributed by atoms with Gasteiger partial charge in [-0.2, -0.15) is 0 Å². The van der Waals surface area contributed by atoms with Crippen molar-refractivity contribution in [2.24, 2.45) is 0 Å². The monoisotopic (exact) mass is 257 g/mol. The zero-order valence-electron chi connectivity index (χ0n) is 10.6. The minimum Gasteiger partial charge on any atom is -0.508 e. The predicted molar refractivity (Wildman–Crippen MR) is 72.3 cm³/mol. The number of ether oxygens (including phenoxy) is 1. The fourth-order valence-electron chi connectivity index (χ4n) is 1.76. The van der Waals surface area contributed by atoms with E-state index in [2.05, 4.69) is 5.32 Å². The summed E-state index contributed by atoms with van der Waals surface area (Å²) >= 11 is 0. The molecule has 0 unspecified atom stereocenters. The molecule has 0 aliphatic heterocycles. The molecule has 0 aliphatic rings. The SMILES string of the molecule is COc1ccccc1C(=O)NCc1ccccc1O. The molecular formula is C15H15NO3. The molecule has 19 heavy (non-hydrogen) atoms. The van der Waals surface area contributed by atoms with Crippen molar-refractivity contribution in [2.45, 2.75) is 6.54 Å². The van der Waals surface area contributed by atoms with Crippen LogP contribution in [0, 0.1) is 0 Å². The van der Waals surface area contributed by atoms with Gasteiger partial charge in [0.1, 0.15) is 11.5 Å². The highest BCUT2D eigenvalue weighted by Crippen LogP contribution is 2.18. The molecule has 0 aliphatic carbocycles. The molecular weight excluding hydrogens is 242 g/mol. The van der Waals surface area contributed by atoms with Crippen molar-refractivity contribution in [1.82, 2.24) is 5.32 Å². The van der Waals surface area contributed by atoms with E-state index in [9.17, 15) is 9.90 Å². The Kier molecular flexibility index (Phi) is 4.03. The van der Waals surface area contributed by atoms with Crippen molar-refractivity contribution in [3.05, 3.63) is 59.7 Å². The van der Waals surface area contributed by atoms with Gasteiger partial charge in [-0.05, 0) is 18.2 Å². The Morgan fingerprint density at radius 1 is 1.16 bits per heavy atom. The highest BCUT2D eigenvalue weighted by Gasteiger charge is 2.11. The maximum Gasteiger partial charge on any atom is 0.255 e. The largest absolute Gasteiger partial charge is 0.508 e. The topological polar surface area (TPSA) is 58.6 Å². The summed E-state index contributed by atoms with van der Waals surface area (Å²) in [5.74, 6) is 0.459. The summed E-state index contributed by atoms with van der Waals surface area (Å²) in [7, 11) is 1.52. The molecule has 0 spiro atoms. The summed E-state index contributed by atoms with van der Waals surface area (Å²) in [6, 6.07) is 13.9. The molecule has 4 heteroatoms. The van der Waals surface area contributed by atoms with Crippen LogP contribution in [0.15, 0.2) is 48.5 Å². The van der Waals surface area contributed by atoms with Gasteiger partial charge in [-0.25, -0.2) is 0 Å². The fourth-order valence-corrected chi connectivity index (χ4v) is 1.76. The zero-order valence-corrected chi connectivity index (χ0v) is 10.6.